The van der Waals surface area contributed by atoms with Crippen molar-refractivity contribution in [3.8, 4) is 0 Å². The van der Waals surface area contributed by atoms with Crippen molar-refractivity contribution in [2.45, 2.75) is 32.7 Å². The Kier molecular flexibility index (Phi) is 4.88. The highest BCUT2D eigenvalue weighted by molar-refractivity contribution is 6.30. The minimum Gasteiger partial charge on any atom is -0.303 e. The van der Waals surface area contributed by atoms with E-state index in [9.17, 15) is 9.59 Å². The smallest absolute Gasteiger partial charge is 0.303 e. The molecule has 1 heterocycles. The van der Waals surface area contributed by atoms with Crippen molar-refractivity contribution in [1.82, 2.24) is 10.2 Å². The highest BCUT2D eigenvalue weighted by atomic mass is 35.5. The van der Waals surface area contributed by atoms with E-state index in [0.717, 1.165) is 11.1 Å². The molecule has 3 amide bonds. The number of carbonyl (C=O) groups is 2. The Morgan fingerprint density at radius 1 is 1.00 bits per heavy atom. The first-order valence-corrected chi connectivity index (χ1v) is 8.81. The summed E-state index contributed by atoms with van der Waals surface area (Å²) in [5.41, 5.74) is 3.28. The number of nitrogens with one attached hydrogen (secondary N) is 1. The zero-order valence-corrected chi connectivity index (χ0v) is 15.8. The number of nitrogens with zero attached hydrogens (tertiary/aromatic N) is 1. The summed E-state index contributed by atoms with van der Waals surface area (Å²) in [6.45, 7) is 6.66. The van der Waals surface area contributed by atoms with Gasteiger partial charge in [-0.15, -0.1) is 0 Å². The lowest BCUT2D eigenvalue weighted by Gasteiger charge is -2.18. The molecule has 134 valence electrons. The molecular weight excluding hydrogens is 348 g/mol. The molecule has 1 aliphatic rings. The fraction of sp³-hybridized carbons (Fsp3) is 0.238. The molecular formula is C21H21ClN2O2. The second kappa shape index (κ2) is 6.96. The standard InChI is InChI=1S/C21H21ClN2O2/c1-21(2,3)16-8-4-14(5-9-16)12-18-19(25)24(20(26)23-18)13-15-6-10-17(22)11-7-15/h4-12H,13H2,1-3H3,(H,23,26)/b18-12-. The number of rotatable bonds is 3. The van der Waals surface area contributed by atoms with E-state index in [1.807, 2.05) is 24.3 Å². The van der Waals surface area contributed by atoms with Gasteiger partial charge < -0.3 is 5.32 Å². The molecule has 0 saturated carbocycles. The van der Waals surface area contributed by atoms with Gasteiger partial charge in [-0.3, -0.25) is 9.69 Å². The van der Waals surface area contributed by atoms with E-state index < -0.39 is 6.03 Å². The van der Waals surface area contributed by atoms with Crippen LogP contribution in [0.5, 0.6) is 0 Å². The topological polar surface area (TPSA) is 49.4 Å². The maximum Gasteiger partial charge on any atom is 0.329 e. The minimum atomic E-state index is -0.414. The fourth-order valence-electron chi connectivity index (χ4n) is 2.73. The van der Waals surface area contributed by atoms with Crippen LogP contribution in [0.1, 0.15) is 37.5 Å². The zero-order valence-electron chi connectivity index (χ0n) is 15.0. The summed E-state index contributed by atoms with van der Waals surface area (Å²) < 4.78 is 0. The normalized spacial score (nSPS) is 16.3. The molecule has 0 atom stereocenters. The third-order valence-corrected chi connectivity index (χ3v) is 4.56. The summed E-state index contributed by atoms with van der Waals surface area (Å²) in [6.07, 6.45) is 1.70. The van der Waals surface area contributed by atoms with Crippen LogP contribution in [0.25, 0.3) is 6.08 Å². The Morgan fingerprint density at radius 3 is 2.19 bits per heavy atom. The van der Waals surface area contributed by atoms with E-state index in [1.165, 1.54) is 10.5 Å². The monoisotopic (exact) mass is 368 g/mol. The van der Waals surface area contributed by atoms with Gasteiger partial charge in [0, 0.05) is 5.02 Å². The van der Waals surface area contributed by atoms with E-state index in [4.69, 9.17) is 11.6 Å². The first kappa shape index (κ1) is 18.2. The third kappa shape index (κ3) is 3.97. The summed E-state index contributed by atoms with van der Waals surface area (Å²) in [7, 11) is 0. The highest BCUT2D eigenvalue weighted by Crippen LogP contribution is 2.23. The van der Waals surface area contributed by atoms with Gasteiger partial charge in [-0.2, -0.15) is 0 Å². The molecule has 0 spiro atoms. The van der Waals surface area contributed by atoms with E-state index >= 15 is 0 Å². The van der Waals surface area contributed by atoms with Crippen molar-refractivity contribution in [2.75, 3.05) is 0 Å². The third-order valence-electron chi connectivity index (χ3n) is 4.30. The van der Waals surface area contributed by atoms with Crippen LogP contribution in [0, 0.1) is 0 Å². The maximum absolute atomic E-state index is 12.6. The molecule has 0 aliphatic carbocycles. The molecule has 0 bridgehead atoms. The number of halogens is 1. The van der Waals surface area contributed by atoms with E-state index in [0.29, 0.717) is 5.02 Å². The summed E-state index contributed by atoms with van der Waals surface area (Å²) in [4.78, 5) is 25.9. The van der Waals surface area contributed by atoms with Crippen molar-refractivity contribution < 1.29 is 9.59 Å². The molecule has 2 aromatic carbocycles. The molecule has 1 saturated heterocycles. The highest BCUT2D eigenvalue weighted by Gasteiger charge is 2.33. The van der Waals surface area contributed by atoms with E-state index in [1.54, 1.807) is 30.3 Å². The lowest BCUT2D eigenvalue weighted by Crippen LogP contribution is -2.30. The lowest BCUT2D eigenvalue weighted by molar-refractivity contribution is -0.123. The molecule has 1 fully saturated rings. The van der Waals surface area contributed by atoms with E-state index in [-0.39, 0.29) is 23.6 Å². The molecule has 1 N–H and O–H groups in total. The van der Waals surface area contributed by atoms with Crippen LogP contribution in [0.2, 0.25) is 5.02 Å². The Hall–Kier alpha value is -2.59. The van der Waals surface area contributed by atoms with Gasteiger partial charge in [-0.1, -0.05) is 68.8 Å². The molecule has 0 aromatic heterocycles. The molecule has 4 nitrogen and oxygen atoms in total. The van der Waals surface area contributed by atoms with Crippen molar-refractivity contribution in [3.05, 3.63) is 75.9 Å². The number of urea groups is 1. The SMILES string of the molecule is CC(C)(C)c1ccc(/C=C2\NC(=O)N(Cc3ccc(Cl)cc3)C2=O)cc1. The zero-order chi connectivity index (χ0) is 18.9. The van der Waals surface area contributed by atoms with Crippen LogP contribution >= 0.6 is 11.6 Å². The fourth-order valence-corrected chi connectivity index (χ4v) is 2.86. The van der Waals surface area contributed by atoms with Crippen LogP contribution in [-0.2, 0) is 16.8 Å². The quantitative estimate of drug-likeness (QED) is 0.629. The van der Waals surface area contributed by atoms with Gasteiger partial charge in [0.1, 0.15) is 5.70 Å². The van der Waals surface area contributed by atoms with Crippen LogP contribution in [0.15, 0.2) is 54.2 Å². The summed E-state index contributed by atoms with van der Waals surface area (Å²) >= 11 is 5.87. The largest absolute Gasteiger partial charge is 0.329 e. The minimum absolute atomic E-state index is 0.0679. The van der Waals surface area contributed by atoms with Gasteiger partial charge in [-0.25, -0.2) is 4.79 Å². The van der Waals surface area contributed by atoms with Gasteiger partial charge in [0.15, 0.2) is 0 Å². The Labute approximate surface area is 158 Å². The summed E-state index contributed by atoms with van der Waals surface area (Å²) in [6, 6.07) is 14.7. The maximum atomic E-state index is 12.6. The first-order valence-electron chi connectivity index (χ1n) is 8.43. The van der Waals surface area contributed by atoms with Gasteiger partial charge >= 0.3 is 6.03 Å². The van der Waals surface area contributed by atoms with Crippen LogP contribution < -0.4 is 5.32 Å². The first-order chi connectivity index (χ1) is 12.2. The van der Waals surface area contributed by atoms with Crippen LogP contribution in [0.3, 0.4) is 0 Å². The van der Waals surface area contributed by atoms with Crippen molar-refractivity contribution in [2.24, 2.45) is 0 Å². The molecule has 26 heavy (non-hydrogen) atoms. The van der Waals surface area contributed by atoms with Crippen LogP contribution in [0.4, 0.5) is 4.79 Å². The number of carbonyl (C=O) groups excluding carboxylic acids is 2. The molecule has 1 aliphatic heterocycles. The number of hydrogen-bond acceptors (Lipinski definition) is 2. The number of hydrogen-bond donors (Lipinski definition) is 1. The molecule has 3 rings (SSSR count). The average molecular weight is 369 g/mol. The molecule has 0 radical (unpaired) electrons. The predicted octanol–water partition coefficient (Wildman–Crippen LogP) is 4.73. The number of benzene rings is 2. The molecule has 5 heteroatoms. The predicted molar refractivity (Wildman–Crippen MR) is 104 cm³/mol. The van der Waals surface area contributed by atoms with Gasteiger partial charge in [0.05, 0.1) is 6.54 Å². The molecule has 2 aromatic rings. The summed E-state index contributed by atoms with van der Waals surface area (Å²) in [5.74, 6) is -0.329. The van der Waals surface area contributed by atoms with E-state index in [2.05, 4.69) is 26.1 Å². The lowest BCUT2D eigenvalue weighted by atomic mass is 9.87. The van der Waals surface area contributed by atoms with Crippen LogP contribution in [-0.4, -0.2) is 16.8 Å². The van der Waals surface area contributed by atoms with Crippen molar-refractivity contribution in [3.63, 3.8) is 0 Å². The number of imide groups is 1. The van der Waals surface area contributed by atoms with Gasteiger partial charge in [-0.05, 0) is 40.3 Å². The molecule has 0 unspecified atom stereocenters. The van der Waals surface area contributed by atoms with Crippen molar-refractivity contribution >= 4 is 29.6 Å². The summed E-state index contributed by atoms with van der Waals surface area (Å²) in [5, 5.41) is 3.27. The number of amides is 3. The Balaban J connectivity index is 1.77. The average Bonchev–Trinajstić information content (AvgIpc) is 2.84. The second-order valence-electron chi connectivity index (χ2n) is 7.38. The second-order valence-corrected chi connectivity index (χ2v) is 7.81. The van der Waals surface area contributed by atoms with Gasteiger partial charge in [0.25, 0.3) is 5.91 Å². The Morgan fingerprint density at radius 2 is 1.62 bits per heavy atom. The van der Waals surface area contributed by atoms with Gasteiger partial charge in [0.2, 0.25) is 0 Å². The Bertz CT molecular complexity index is 862. The van der Waals surface area contributed by atoms with Crippen molar-refractivity contribution in [1.29, 1.82) is 0 Å².